The molecule has 0 aliphatic heterocycles. The predicted octanol–water partition coefficient (Wildman–Crippen LogP) is 4.41. The summed E-state index contributed by atoms with van der Waals surface area (Å²) in [7, 11) is 3.15. The van der Waals surface area contributed by atoms with Gasteiger partial charge in [-0.3, -0.25) is 15.2 Å². The summed E-state index contributed by atoms with van der Waals surface area (Å²) >= 11 is 0. The van der Waals surface area contributed by atoms with Crippen LogP contribution in [-0.2, 0) is 0 Å². The first-order chi connectivity index (χ1) is 14.7. The molecule has 1 heterocycles. The molecule has 4 aromatic rings. The number of nitrogens with zero attached hydrogens (tertiary/aromatic N) is 2. The molecule has 0 aliphatic carbocycles. The zero-order valence-corrected chi connectivity index (χ0v) is 16.5. The largest absolute Gasteiger partial charge is 0.497 e. The summed E-state index contributed by atoms with van der Waals surface area (Å²) in [5.41, 5.74) is 3.04. The van der Waals surface area contributed by atoms with Crippen LogP contribution in [0.2, 0.25) is 0 Å². The molecule has 0 saturated carbocycles. The number of hydrogen-bond acceptors (Lipinski definition) is 5. The standard InChI is InChI=1S/C23H20N4O3/c1-29-16-12-13-19(20(14-16)30-2)21-24-23(27-26-21)25-22(28)18-11-7-6-10-17(18)15-8-4-3-5-9-15/h3-14H,1-2H3,(H2,24,25,26,27,28). The average molecular weight is 400 g/mol. The second-order valence-corrected chi connectivity index (χ2v) is 6.44. The number of rotatable bonds is 6. The number of methoxy groups -OCH3 is 2. The lowest BCUT2D eigenvalue weighted by molar-refractivity contribution is 0.102. The van der Waals surface area contributed by atoms with E-state index in [-0.39, 0.29) is 11.9 Å². The fourth-order valence-electron chi connectivity index (χ4n) is 3.15. The van der Waals surface area contributed by atoms with Gasteiger partial charge in [0.2, 0.25) is 5.95 Å². The van der Waals surface area contributed by atoms with Crippen molar-refractivity contribution >= 4 is 11.9 Å². The van der Waals surface area contributed by atoms with E-state index in [2.05, 4.69) is 20.5 Å². The fraction of sp³-hybridized carbons (Fsp3) is 0.0870. The van der Waals surface area contributed by atoms with Gasteiger partial charge in [-0.25, -0.2) is 0 Å². The van der Waals surface area contributed by atoms with E-state index in [0.717, 1.165) is 11.1 Å². The van der Waals surface area contributed by atoms with E-state index < -0.39 is 0 Å². The molecule has 3 aromatic carbocycles. The monoisotopic (exact) mass is 400 g/mol. The third kappa shape index (κ3) is 3.86. The number of ether oxygens (including phenoxy) is 2. The van der Waals surface area contributed by atoms with Gasteiger partial charge in [-0.1, -0.05) is 48.5 Å². The van der Waals surface area contributed by atoms with Gasteiger partial charge in [0.05, 0.1) is 19.8 Å². The van der Waals surface area contributed by atoms with Crippen LogP contribution < -0.4 is 14.8 Å². The van der Waals surface area contributed by atoms with Crippen LogP contribution in [-0.4, -0.2) is 35.3 Å². The molecule has 0 fully saturated rings. The van der Waals surface area contributed by atoms with Crippen LogP contribution >= 0.6 is 0 Å². The third-order valence-corrected chi connectivity index (χ3v) is 4.63. The summed E-state index contributed by atoms with van der Waals surface area (Å²) in [5, 5.41) is 9.72. The van der Waals surface area contributed by atoms with E-state index in [4.69, 9.17) is 9.47 Å². The van der Waals surface area contributed by atoms with Gasteiger partial charge in [-0.15, -0.1) is 5.10 Å². The molecule has 30 heavy (non-hydrogen) atoms. The fourth-order valence-corrected chi connectivity index (χ4v) is 3.15. The van der Waals surface area contributed by atoms with Gasteiger partial charge in [0.25, 0.3) is 5.91 Å². The number of anilines is 1. The lowest BCUT2D eigenvalue weighted by Crippen LogP contribution is -2.14. The number of benzene rings is 3. The Hall–Kier alpha value is -4.13. The van der Waals surface area contributed by atoms with Crippen molar-refractivity contribution in [2.24, 2.45) is 0 Å². The zero-order valence-electron chi connectivity index (χ0n) is 16.5. The SMILES string of the molecule is COc1ccc(-c2nc(NC(=O)c3ccccc3-c3ccccc3)n[nH]2)c(OC)c1. The Balaban J connectivity index is 1.59. The second kappa shape index (κ2) is 8.48. The molecule has 0 aliphatic rings. The Bertz CT molecular complexity index is 1170. The van der Waals surface area contributed by atoms with Crippen molar-refractivity contribution in [3.8, 4) is 34.0 Å². The summed E-state index contributed by atoms with van der Waals surface area (Å²) < 4.78 is 10.6. The van der Waals surface area contributed by atoms with Crippen LogP contribution in [0.25, 0.3) is 22.5 Å². The molecule has 2 N–H and O–H groups in total. The lowest BCUT2D eigenvalue weighted by Gasteiger charge is -2.09. The smallest absolute Gasteiger partial charge is 0.258 e. The minimum atomic E-state index is -0.290. The number of hydrogen-bond donors (Lipinski definition) is 2. The van der Waals surface area contributed by atoms with Gasteiger partial charge in [0, 0.05) is 11.6 Å². The normalized spacial score (nSPS) is 10.5. The van der Waals surface area contributed by atoms with Gasteiger partial charge >= 0.3 is 0 Å². The number of H-pyrrole nitrogens is 1. The number of amides is 1. The molecule has 7 heteroatoms. The van der Waals surface area contributed by atoms with Gasteiger partial charge in [-0.2, -0.15) is 4.98 Å². The van der Waals surface area contributed by atoms with Crippen molar-refractivity contribution in [2.45, 2.75) is 0 Å². The summed E-state index contributed by atoms with van der Waals surface area (Å²) in [5.74, 6) is 1.61. The molecule has 1 amide bonds. The highest BCUT2D eigenvalue weighted by Gasteiger charge is 2.16. The average Bonchev–Trinajstić information content (AvgIpc) is 3.27. The maximum absolute atomic E-state index is 12.9. The van der Waals surface area contributed by atoms with Crippen molar-refractivity contribution in [3.05, 3.63) is 78.4 Å². The molecule has 0 bridgehead atoms. The zero-order chi connectivity index (χ0) is 20.9. The van der Waals surface area contributed by atoms with E-state index in [1.165, 1.54) is 0 Å². The van der Waals surface area contributed by atoms with Crippen molar-refractivity contribution in [2.75, 3.05) is 19.5 Å². The molecule has 7 nitrogen and oxygen atoms in total. The number of aromatic amines is 1. The van der Waals surface area contributed by atoms with Crippen LogP contribution in [0.1, 0.15) is 10.4 Å². The van der Waals surface area contributed by atoms with E-state index in [1.54, 1.807) is 32.4 Å². The summed E-state index contributed by atoms with van der Waals surface area (Å²) in [4.78, 5) is 17.3. The third-order valence-electron chi connectivity index (χ3n) is 4.63. The highest BCUT2D eigenvalue weighted by atomic mass is 16.5. The van der Waals surface area contributed by atoms with Crippen molar-refractivity contribution in [1.29, 1.82) is 0 Å². The quantitative estimate of drug-likeness (QED) is 0.500. The maximum Gasteiger partial charge on any atom is 0.258 e. The molecule has 1 aromatic heterocycles. The van der Waals surface area contributed by atoms with Crippen LogP contribution in [0.15, 0.2) is 72.8 Å². The molecule has 4 rings (SSSR count). The molecule has 150 valence electrons. The van der Waals surface area contributed by atoms with Crippen LogP contribution in [0.4, 0.5) is 5.95 Å². The number of carbonyl (C=O) groups is 1. The van der Waals surface area contributed by atoms with Gasteiger partial charge in [0.1, 0.15) is 11.5 Å². The minimum Gasteiger partial charge on any atom is -0.497 e. The Morgan fingerprint density at radius 3 is 2.43 bits per heavy atom. The maximum atomic E-state index is 12.9. The molecule has 0 unspecified atom stereocenters. The van der Waals surface area contributed by atoms with E-state index in [0.29, 0.717) is 28.5 Å². The summed E-state index contributed by atoms with van der Waals surface area (Å²) in [6.45, 7) is 0. The first-order valence-corrected chi connectivity index (χ1v) is 9.30. The number of aromatic nitrogens is 3. The Morgan fingerprint density at radius 1 is 0.900 bits per heavy atom. The molecular formula is C23H20N4O3. The highest BCUT2D eigenvalue weighted by Crippen LogP contribution is 2.31. The summed E-state index contributed by atoms with van der Waals surface area (Å²) in [6.07, 6.45) is 0. The molecule has 0 atom stereocenters. The van der Waals surface area contributed by atoms with Crippen LogP contribution in [0, 0.1) is 0 Å². The van der Waals surface area contributed by atoms with Crippen molar-refractivity contribution in [3.63, 3.8) is 0 Å². The summed E-state index contributed by atoms with van der Waals surface area (Å²) in [6, 6.07) is 22.5. The van der Waals surface area contributed by atoms with E-state index in [9.17, 15) is 4.79 Å². The predicted molar refractivity (Wildman–Crippen MR) is 115 cm³/mol. The topological polar surface area (TPSA) is 89.1 Å². The Labute approximate surface area is 173 Å². The van der Waals surface area contributed by atoms with E-state index in [1.807, 2.05) is 54.6 Å². The van der Waals surface area contributed by atoms with Crippen molar-refractivity contribution in [1.82, 2.24) is 15.2 Å². The van der Waals surface area contributed by atoms with Crippen molar-refractivity contribution < 1.29 is 14.3 Å². The Kier molecular flexibility index (Phi) is 5.43. The minimum absolute atomic E-state index is 0.177. The van der Waals surface area contributed by atoms with E-state index >= 15 is 0 Å². The van der Waals surface area contributed by atoms with Gasteiger partial charge < -0.3 is 9.47 Å². The lowest BCUT2D eigenvalue weighted by atomic mass is 9.99. The first kappa shape index (κ1) is 19.2. The number of nitrogens with one attached hydrogen (secondary N) is 2. The molecule has 0 saturated heterocycles. The molecule has 0 radical (unpaired) electrons. The molecule has 0 spiro atoms. The molecular weight excluding hydrogens is 380 g/mol. The van der Waals surface area contributed by atoms with Gasteiger partial charge in [0.15, 0.2) is 5.82 Å². The van der Waals surface area contributed by atoms with Gasteiger partial charge in [-0.05, 0) is 29.3 Å². The van der Waals surface area contributed by atoms with Crippen LogP contribution in [0.5, 0.6) is 11.5 Å². The Morgan fingerprint density at radius 2 is 1.67 bits per heavy atom. The second-order valence-electron chi connectivity index (χ2n) is 6.44. The number of carbonyl (C=O) groups excluding carboxylic acids is 1. The highest BCUT2D eigenvalue weighted by molar-refractivity contribution is 6.08. The van der Waals surface area contributed by atoms with Crippen LogP contribution in [0.3, 0.4) is 0 Å². The first-order valence-electron chi connectivity index (χ1n) is 9.30.